The molecule has 0 rings (SSSR count). The molecule has 0 fully saturated rings. The number of hydrogen-bond acceptors (Lipinski definition) is 4. The summed E-state index contributed by atoms with van der Waals surface area (Å²) in [5, 5.41) is 0. The topological polar surface area (TPSA) is 60.4 Å². The smallest absolute Gasteiger partial charge is 0.302 e. The SMILES string of the molecule is CC(=O)OCCCCCC(=O)CCC=O. The minimum Gasteiger partial charge on any atom is -0.466 e. The second-order valence-corrected chi connectivity index (χ2v) is 3.39. The second kappa shape index (κ2) is 9.37. The van der Waals surface area contributed by atoms with Gasteiger partial charge in [0.05, 0.1) is 6.61 Å². The second-order valence-electron chi connectivity index (χ2n) is 3.39. The Morgan fingerprint density at radius 2 is 1.87 bits per heavy atom. The highest BCUT2D eigenvalue weighted by Gasteiger charge is 2.01. The predicted octanol–water partition coefficient (Wildman–Crippen LogP) is 1.66. The van der Waals surface area contributed by atoms with Crippen molar-refractivity contribution in [2.75, 3.05) is 6.61 Å². The molecule has 0 spiro atoms. The summed E-state index contributed by atoms with van der Waals surface area (Å²) in [5.74, 6) is -0.133. The van der Waals surface area contributed by atoms with E-state index in [0.29, 0.717) is 25.9 Å². The van der Waals surface area contributed by atoms with Crippen LogP contribution in [-0.2, 0) is 19.1 Å². The molecule has 0 saturated carbocycles. The quantitative estimate of drug-likeness (QED) is 0.332. The summed E-state index contributed by atoms with van der Waals surface area (Å²) in [4.78, 5) is 31.5. The first-order chi connectivity index (χ1) is 7.16. The fourth-order valence-electron chi connectivity index (χ4n) is 1.16. The average Bonchev–Trinajstić information content (AvgIpc) is 2.19. The van der Waals surface area contributed by atoms with Crippen LogP contribution < -0.4 is 0 Å². The summed E-state index contributed by atoms with van der Waals surface area (Å²) >= 11 is 0. The number of unbranched alkanes of at least 4 members (excludes halogenated alkanes) is 2. The van der Waals surface area contributed by atoms with Crippen LogP contribution in [-0.4, -0.2) is 24.6 Å². The van der Waals surface area contributed by atoms with E-state index < -0.39 is 0 Å². The fraction of sp³-hybridized carbons (Fsp3) is 0.727. The van der Waals surface area contributed by atoms with E-state index in [1.807, 2.05) is 0 Å². The predicted molar refractivity (Wildman–Crippen MR) is 55.4 cm³/mol. The molecule has 0 aliphatic heterocycles. The van der Waals surface area contributed by atoms with Gasteiger partial charge in [0.1, 0.15) is 12.1 Å². The molecule has 0 aromatic carbocycles. The summed E-state index contributed by atoms with van der Waals surface area (Å²) in [7, 11) is 0. The summed E-state index contributed by atoms with van der Waals surface area (Å²) in [6.45, 7) is 1.81. The number of esters is 1. The van der Waals surface area contributed by atoms with Crippen molar-refractivity contribution in [1.29, 1.82) is 0 Å². The zero-order valence-electron chi connectivity index (χ0n) is 9.16. The summed E-state index contributed by atoms with van der Waals surface area (Å²) in [6, 6.07) is 0. The third kappa shape index (κ3) is 10.7. The lowest BCUT2D eigenvalue weighted by molar-refractivity contribution is -0.141. The maximum atomic E-state index is 11.1. The van der Waals surface area contributed by atoms with Crippen LogP contribution in [0.3, 0.4) is 0 Å². The lowest BCUT2D eigenvalue weighted by Gasteiger charge is -2.01. The number of carbonyl (C=O) groups excluding carboxylic acids is 3. The van der Waals surface area contributed by atoms with Crippen molar-refractivity contribution < 1.29 is 19.1 Å². The van der Waals surface area contributed by atoms with E-state index in [0.717, 1.165) is 25.5 Å². The lowest BCUT2D eigenvalue weighted by atomic mass is 10.1. The van der Waals surface area contributed by atoms with Gasteiger partial charge in [-0.15, -0.1) is 0 Å². The van der Waals surface area contributed by atoms with Gasteiger partial charge in [-0.2, -0.15) is 0 Å². The number of Topliss-reactive ketones (excluding diaryl/α,β-unsaturated/α-hetero) is 1. The minimum atomic E-state index is -0.267. The van der Waals surface area contributed by atoms with Crippen LogP contribution in [0, 0.1) is 0 Å². The van der Waals surface area contributed by atoms with Gasteiger partial charge < -0.3 is 9.53 Å². The molecule has 0 bridgehead atoms. The van der Waals surface area contributed by atoms with Crippen LogP contribution in [0.5, 0.6) is 0 Å². The normalized spacial score (nSPS) is 9.67. The number of rotatable bonds is 9. The Kier molecular flexibility index (Phi) is 8.63. The average molecular weight is 214 g/mol. The Labute approximate surface area is 90.0 Å². The van der Waals surface area contributed by atoms with Crippen molar-refractivity contribution in [3.63, 3.8) is 0 Å². The van der Waals surface area contributed by atoms with Gasteiger partial charge in [-0.1, -0.05) is 0 Å². The Morgan fingerprint density at radius 3 is 2.47 bits per heavy atom. The van der Waals surface area contributed by atoms with Crippen LogP contribution in [0.1, 0.15) is 45.4 Å². The van der Waals surface area contributed by atoms with Gasteiger partial charge in [-0.05, 0) is 19.3 Å². The summed E-state index contributed by atoms with van der Waals surface area (Å²) in [5.41, 5.74) is 0. The van der Waals surface area contributed by atoms with Crippen molar-refractivity contribution in [2.24, 2.45) is 0 Å². The molecule has 4 heteroatoms. The molecule has 0 heterocycles. The molecule has 4 nitrogen and oxygen atoms in total. The Balaban J connectivity index is 3.19. The minimum absolute atomic E-state index is 0.134. The summed E-state index contributed by atoms with van der Waals surface area (Å²) < 4.78 is 4.74. The van der Waals surface area contributed by atoms with E-state index in [9.17, 15) is 14.4 Å². The molecule has 0 N–H and O–H groups in total. The zero-order valence-corrected chi connectivity index (χ0v) is 9.16. The first-order valence-electron chi connectivity index (χ1n) is 5.25. The monoisotopic (exact) mass is 214 g/mol. The van der Waals surface area contributed by atoms with Gasteiger partial charge in [-0.25, -0.2) is 0 Å². The van der Waals surface area contributed by atoms with E-state index in [1.54, 1.807) is 0 Å². The largest absolute Gasteiger partial charge is 0.466 e. The van der Waals surface area contributed by atoms with E-state index in [1.165, 1.54) is 6.92 Å². The number of hydrogen-bond donors (Lipinski definition) is 0. The molecule has 0 atom stereocenters. The van der Waals surface area contributed by atoms with Gasteiger partial charge in [0.25, 0.3) is 0 Å². The van der Waals surface area contributed by atoms with Crippen molar-refractivity contribution in [3.05, 3.63) is 0 Å². The molecular formula is C11H18O4. The van der Waals surface area contributed by atoms with Gasteiger partial charge >= 0.3 is 5.97 Å². The lowest BCUT2D eigenvalue weighted by Crippen LogP contribution is -2.01. The number of carbonyl (C=O) groups is 3. The highest BCUT2D eigenvalue weighted by molar-refractivity contribution is 5.80. The Bertz CT molecular complexity index is 211. The molecule has 0 aromatic rings. The Hall–Kier alpha value is -1.19. The third-order valence-electron chi connectivity index (χ3n) is 1.95. The van der Waals surface area contributed by atoms with Gasteiger partial charge in [0.2, 0.25) is 0 Å². The molecule has 86 valence electrons. The van der Waals surface area contributed by atoms with Gasteiger partial charge in [-0.3, -0.25) is 9.59 Å². The van der Waals surface area contributed by atoms with Gasteiger partial charge in [0, 0.05) is 26.2 Å². The first-order valence-corrected chi connectivity index (χ1v) is 5.25. The molecule has 0 radical (unpaired) electrons. The molecular weight excluding hydrogens is 196 g/mol. The number of ketones is 1. The van der Waals surface area contributed by atoms with Crippen LogP contribution in [0.2, 0.25) is 0 Å². The molecule has 15 heavy (non-hydrogen) atoms. The van der Waals surface area contributed by atoms with E-state index in [2.05, 4.69) is 0 Å². The van der Waals surface area contributed by atoms with Crippen molar-refractivity contribution >= 4 is 18.0 Å². The molecule has 0 amide bonds. The van der Waals surface area contributed by atoms with Gasteiger partial charge in [0.15, 0.2) is 0 Å². The van der Waals surface area contributed by atoms with Crippen LogP contribution in [0.15, 0.2) is 0 Å². The standard InChI is InChI=1S/C11H18O4/c1-10(13)15-9-4-2-3-6-11(14)7-5-8-12/h8H,2-7,9H2,1H3. The molecule has 0 aromatic heterocycles. The van der Waals surface area contributed by atoms with Crippen molar-refractivity contribution in [2.45, 2.75) is 45.4 Å². The first kappa shape index (κ1) is 13.8. The molecule has 0 saturated heterocycles. The van der Waals surface area contributed by atoms with Crippen molar-refractivity contribution in [1.82, 2.24) is 0 Å². The molecule has 0 unspecified atom stereocenters. The highest BCUT2D eigenvalue weighted by Crippen LogP contribution is 2.03. The highest BCUT2D eigenvalue weighted by atomic mass is 16.5. The maximum absolute atomic E-state index is 11.1. The summed E-state index contributed by atoms with van der Waals surface area (Å²) in [6.07, 6.45) is 4.44. The third-order valence-corrected chi connectivity index (χ3v) is 1.95. The van der Waals surface area contributed by atoms with Crippen LogP contribution >= 0.6 is 0 Å². The Morgan fingerprint density at radius 1 is 1.13 bits per heavy atom. The fourth-order valence-corrected chi connectivity index (χ4v) is 1.16. The molecule has 0 aliphatic rings. The van der Waals surface area contributed by atoms with E-state index >= 15 is 0 Å². The van der Waals surface area contributed by atoms with Crippen molar-refractivity contribution in [3.8, 4) is 0 Å². The maximum Gasteiger partial charge on any atom is 0.302 e. The van der Waals surface area contributed by atoms with E-state index in [-0.39, 0.29) is 11.8 Å². The zero-order chi connectivity index (χ0) is 11.5. The molecule has 0 aliphatic carbocycles. The van der Waals surface area contributed by atoms with Crippen LogP contribution in [0.25, 0.3) is 0 Å². The number of ether oxygens (including phenoxy) is 1. The van der Waals surface area contributed by atoms with Crippen LogP contribution in [0.4, 0.5) is 0 Å². The van der Waals surface area contributed by atoms with E-state index in [4.69, 9.17) is 4.74 Å². The number of aldehydes is 1.